The van der Waals surface area contributed by atoms with Crippen LogP contribution in [0.5, 0.6) is 0 Å². The maximum absolute atomic E-state index is 12.1. The molecule has 25 heavy (non-hydrogen) atoms. The van der Waals surface area contributed by atoms with Crippen molar-refractivity contribution in [2.45, 2.75) is 11.3 Å². The van der Waals surface area contributed by atoms with Gasteiger partial charge in [-0.05, 0) is 52.3 Å². The highest BCUT2D eigenvalue weighted by Crippen LogP contribution is 2.22. The highest BCUT2D eigenvalue weighted by atomic mass is 79.9. The van der Waals surface area contributed by atoms with Crippen LogP contribution in [0.15, 0.2) is 57.9 Å². The Bertz CT molecular complexity index is 740. The Morgan fingerprint density at radius 1 is 1.16 bits per heavy atom. The molecule has 0 spiro atoms. The van der Waals surface area contributed by atoms with Crippen molar-refractivity contribution in [3.63, 3.8) is 0 Å². The van der Waals surface area contributed by atoms with Crippen LogP contribution in [0.4, 0.5) is 5.69 Å². The Balaban J connectivity index is 1.74. The lowest BCUT2D eigenvalue weighted by atomic mass is 10.3. The van der Waals surface area contributed by atoms with Gasteiger partial charge in [0.05, 0.1) is 12.2 Å². The molecule has 2 aromatic carbocycles. The fourth-order valence-corrected chi connectivity index (χ4v) is 3.38. The van der Waals surface area contributed by atoms with Crippen LogP contribution in [0.3, 0.4) is 0 Å². The molecule has 0 aliphatic carbocycles. The predicted octanol–water partition coefficient (Wildman–Crippen LogP) is 4.68. The van der Waals surface area contributed by atoms with Crippen LogP contribution >= 0.6 is 39.3 Å². The molecule has 4 nitrogen and oxygen atoms in total. The van der Waals surface area contributed by atoms with Crippen molar-refractivity contribution in [1.29, 1.82) is 0 Å². The first-order valence-corrected chi connectivity index (χ1v) is 9.78. The van der Waals surface area contributed by atoms with Gasteiger partial charge in [-0.2, -0.15) is 0 Å². The fourth-order valence-electron chi connectivity index (χ4n) is 2.03. The fraction of sp³-hybridized carbons (Fsp3) is 0.222. The largest absolute Gasteiger partial charge is 0.336 e. The third-order valence-corrected chi connectivity index (χ3v) is 5.31. The van der Waals surface area contributed by atoms with Crippen molar-refractivity contribution in [1.82, 2.24) is 4.90 Å². The zero-order chi connectivity index (χ0) is 18.2. The lowest BCUT2D eigenvalue weighted by Gasteiger charge is -2.17. The number of thioether (sulfide) groups is 1. The van der Waals surface area contributed by atoms with Gasteiger partial charge in [0, 0.05) is 33.6 Å². The molecule has 0 aliphatic heterocycles. The molecule has 0 unspecified atom stereocenters. The van der Waals surface area contributed by atoms with Gasteiger partial charge in [0.2, 0.25) is 11.8 Å². The molecule has 0 radical (unpaired) electrons. The monoisotopic (exact) mass is 440 g/mol. The van der Waals surface area contributed by atoms with Crippen LogP contribution in [0.25, 0.3) is 0 Å². The van der Waals surface area contributed by atoms with Crippen molar-refractivity contribution < 1.29 is 9.59 Å². The number of rotatable bonds is 7. The number of nitrogens with zero attached hydrogens (tertiary/aromatic N) is 1. The molecule has 2 amide bonds. The van der Waals surface area contributed by atoms with E-state index < -0.39 is 0 Å². The standard InChI is InChI=1S/C18H18BrClN2O2S/c1-22(12-17(23)21-16-5-3-2-4-15(16)19)18(24)10-11-25-14-8-6-13(20)7-9-14/h2-9H,10-12H2,1H3,(H,21,23). The van der Waals surface area contributed by atoms with Gasteiger partial charge in [0.15, 0.2) is 0 Å². The van der Waals surface area contributed by atoms with E-state index in [1.54, 1.807) is 24.9 Å². The average Bonchev–Trinajstić information content (AvgIpc) is 2.58. The summed E-state index contributed by atoms with van der Waals surface area (Å²) in [5, 5.41) is 3.48. The quantitative estimate of drug-likeness (QED) is 0.635. The minimum atomic E-state index is -0.229. The number of halogens is 2. The summed E-state index contributed by atoms with van der Waals surface area (Å²) in [6.45, 7) is 0.0196. The number of nitrogens with one attached hydrogen (secondary N) is 1. The first kappa shape index (κ1) is 19.8. The van der Waals surface area contributed by atoms with E-state index in [2.05, 4.69) is 21.2 Å². The molecule has 2 aromatic rings. The highest BCUT2D eigenvalue weighted by Gasteiger charge is 2.13. The molecule has 0 saturated heterocycles. The normalized spacial score (nSPS) is 10.4. The molecule has 0 saturated carbocycles. The van der Waals surface area contributed by atoms with Crippen molar-refractivity contribution in [2.75, 3.05) is 24.7 Å². The number of hydrogen-bond acceptors (Lipinski definition) is 3. The molecule has 0 heterocycles. The SMILES string of the molecule is CN(CC(=O)Nc1ccccc1Br)C(=O)CCSc1ccc(Cl)cc1. The summed E-state index contributed by atoms with van der Waals surface area (Å²) in [5.74, 6) is 0.355. The summed E-state index contributed by atoms with van der Waals surface area (Å²) < 4.78 is 0.802. The van der Waals surface area contributed by atoms with Gasteiger partial charge in [0.1, 0.15) is 0 Å². The number of carbonyl (C=O) groups is 2. The van der Waals surface area contributed by atoms with E-state index >= 15 is 0 Å². The van der Waals surface area contributed by atoms with Gasteiger partial charge in [0.25, 0.3) is 0 Å². The van der Waals surface area contributed by atoms with E-state index in [4.69, 9.17) is 11.6 Å². The van der Waals surface area contributed by atoms with Crippen LogP contribution in [0, 0.1) is 0 Å². The maximum Gasteiger partial charge on any atom is 0.244 e. The van der Waals surface area contributed by atoms with Gasteiger partial charge in [-0.25, -0.2) is 0 Å². The number of carbonyl (C=O) groups excluding carboxylic acids is 2. The molecule has 0 bridgehead atoms. The molecule has 0 aromatic heterocycles. The summed E-state index contributed by atoms with van der Waals surface area (Å²) in [5.41, 5.74) is 0.687. The maximum atomic E-state index is 12.1. The van der Waals surface area contributed by atoms with Gasteiger partial charge in [-0.15, -0.1) is 11.8 Å². The zero-order valence-electron chi connectivity index (χ0n) is 13.7. The number of likely N-dealkylation sites (N-methyl/N-ethyl adjacent to an activating group) is 1. The van der Waals surface area contributed by atoms with Crippen LogP contribution in [0.1, 0.15) is 6.42 Å². The van der Waals surface area contributed by atoms with Crippen LogP contribution < -0.4 is 5.32 Å². The molecule has 7 heteroatoms. The molecule has 0 fully saturated rings. The van der Waals surface area contributed by atoms with E-state index in [1.165, 1.54) is 4.90 Å². The highest BCUT2D eigenvalue weighted by molar-refractivity contribution is 9.10. The Hall–Kier alpha value is -1.50. The third-order valence-electron chi connectivity index (χ3n) is 3.35. The summed E-state index contributed by atoms with van der Waals surface area (Å²) in [6, 6.07) is 14.8. The molecular formula is C18H18BrClN2O2S. The molecular weight excluding hydrogens is 424 g/mol. The number of benzene rings is 2. The zero-order valence-corrected chi connectivity index (χ0v) is 16.8. The summed E-state index contributed by atoms with van der Waals surface area (Å²) in [6.07, 6.45) is 0.367. The first-order chi connectivity index (χ1) is 12.0. The number of hydrogen-bond donors (Lipinski definition) is 1. The number of anilines is 1. The molecule has 132 valence electrons. The Morgan fingerprint density at radius 2 is 1.84 bits per heavy atom. The second-order valence-electron chi connectivity index (χ2n) is 5.33. The van der Waals surface area contributed by atoms with Crippen molar-refractivity contribution in [2.24, 2.45) is 0 Å². The first-order valence-electron chi connectivity index (χ1n) is 7.62. The Labute approximate surface area is 165 Å². The topological polar surface area (TPSA) is 49.4 Å². The van der Waals surface area contributed by atoms with Crippen molar-refractivity contribution in [3.05, 3.63) is 58.0 Å². The minimum absolute atomic E-state index is 0.0196. The Kier molecular flexibility index (Phi) is 7.81. The van der Waals surface area contributed by atoms with E-state index in [1.807, 2.05) is 42.5 Å². The second kappa shape index (κ2) is 9.85. The van der Waals surface area contributed by atoms with Crippen LogP contribution in [0.2, 0.25) is 5.02 Å². The molecule has 0 atom stereocenters. The van der Waals surface area contributed by atoms with Crippen LogP contribution in [-0.2, 0) is 9.59 Å². The van der Waals surface area contributed by atoms with E-state index in [-0.39, 0.29) is 18.4 Å². The summed E-state index contributed by atoms with van der Waals surface area (Å²) in [7, 11) is 1.63. The van der Waals surface area contributed by atoms with E-state index in [0.29, 0.717) is 22.9 Å². The van der Waals surface area contributed by atoms with E-state index in [0.717, 1.165) is 9.37 Å². The number of para-hydroxylation sites is 1. The molecule has 0 aliphatic rings. The lowest BCUT2D eigenvalue weighted by molar-refractivity contribution is -0.132. The smallest absolute Gasteiger partial charge is 0.244 e. The summed E-state index contributed by atoms with van der Waals surface area (Å²) in [4.78, 5) is 26.7. The average molecular weight is 442 g/mol. The van der Waals surface area contributed by atoms with Gasteiger partial charge in [-0.1, -0.05) is 23.7 Å². The predicted molar refractivity (Wildman–Crippen MR) is 107 cm³/mol. The van der Waals surface area contributed by atoms with E-state index in [9.17, 15) is 9.59 Å². The minimum Gasteiger partial charge on any atom is -0.336 e. The summed E-state index contributed by atoms with van der Waals surface area (Å²) >= 11 is 10.8. The van der Waals surface area contributed by atoms with Gasteiger partial charge < -0.3 is 10.2 Å². The van der Waals surface area contributed by atoms with Gasteiger partial charge in [-0.3, -0.25) is 9.59 Å². The third kappa shape index (κ3) is 6.72. The number of amides is 2. The molecule has 1 N–H and O–H groups in total. The second-order valence-corrected chi connectivity index (χ2v) is 7.79. The molecule has 2 rings (SSSR count). The van der Waals surface area contributed by atoms with Crippen molar-refractivity contribution in [3.8, 4) is 0 Å². The van der Waals surface area contributed by atoms with Crippen LogP contribution in [-0.4, -0.2) is 36.1 Å². The Morgan fingerprint density at radius 3 is 2.52 bits per heavy atom. The van der Waals surface area contributed by atoms with Crippen molar-refractivity contribution >= 4 is 56.8 Å². The lowest BCUT2D eigenvalue weighted by Crippen LogP contribution is -2.35. The van der Waals surface area contributed by atoms with Gasteiger partial charge >= 0.3 is 0 Å².